The van der Waals surface area contributed by atoms with Gasteiger partial charge < -0.3 is 5.32 Å². The van der Waals surface area contributed by atoms with Crippen molar-refractivity contribution >= 4 is 11.3 Å². The average molecular weight is 304 g/mol. The Balaban J connectivity index is 1.92. The summed E-state index contributed by atoms with van der Waals surface area (Å²) in [6, 6.07) is 5.24. The molecule has 0 radical (unpaired) electrons. The average Bonchev–Trinajstić information content (AvgIpc) is 3.23. The summed E-state index contributed by atoms with van der Waals surface area (Å²) in [4.78, 5) is 6.04. The summed E-state index contributed by atoms with van der Waals surface area (Å²) in [7, 11) is 0. The van der Waals surface area contributed by atoms with E-state index < -0.39 is 0 Å². The van der Waals surface area contributed by atoms with Gasteiger partial charge in [-0.05, 0) is 44.9 Å². The van der Waals surface area contributed by atoms with Gasteiger partial charge in [0.2, 0.25) is 0 Å². The molecule has 1 aromatic carbocycles. The Morgan fingerprint density at radius 1 is 1.38 bits per heavy atom. The second-order valence-corrected chi connectivity index (χ2v) is 6.85. The summed E-state index contributed by atoms with van der Waals surface area (Å²) >= 11 is 1.64. The van der Waals surface area contributed by atoms with Gasteiger partial charge in [0.15, 0.2) is 0 Å². The van der Waals surface area contributed by atoms with Crippen LogP contribution in [0.25, 0.3) is 10.6 Å². The Kier molecular flexibility index (Phi) is 4.36. The van der Waals surface area contributed by atoms with E-state index in [9.17, 15) is 4.39 Å². The third-order valence-corrected chi connectivity index (χ3v) is 4.86. The zero-order chi connectivity index (χ0) is 14.8. The van der Waals surface area contributed by atoms with Crippen LogP contribution in [0.4, 0.5) is 4.39 Å². The lowest BCUT2D eigenvalue weighted by atomic mass is 10.1. The number of rotatable bonds is 6. The fraction of sp³-hybridized carbons (Fsp3) is 0.471. The van der Waals surface area contributed by atoms with Crippen molar-refractivity contribution in [2.45, 2.75) is 45.6 Å². The molecule has 0 aliphatic heterocycles. The van der Waals surface area contributed by atoms with Gasteiger partial charge in [-0.1, -0.05) is 18.6 Å². The highest BCUT2D eigenvalue weighted by Gasteiger charge is 2.30. The first-order valence-electron chi connectivity index (χ1n) is 7.66. The third-order valence-electron chi connectivity index (χ3n) is 3.76. The minimum atomic E-state index is -0.176. The summed E-state index contributed by atoms with van der Waals surface area (Å²) in [5, 5.41) is 4.27. The van der Waals surface area contributed by atoms with Crippen LogP contribution >= 0.6 is 11.3 Å². The van der Waals surface area contributed by atoms with Gasteiger partial charge in [0.25, 0.3) is 0 Å². The number of thiazole rings is 1. The minimum absolute atomic E-state index is 0.176. The smallest absolute Gasteiger partial charge is 0.133 e. The number of benzene rings is 1. The molecule has 0 amide bonds. The van der Waals surface area contributed by atoms with Gasteiger partial charge in [-0.15, -0.1) is 11.3 Å². The van der Waals surface area contributed by atoms with E-state index in [1.54, 1.807) is 17.4 Å². The third kappa shape index (κ3) is 3.33. The number of aromatic nitrogens is 1. The Morgan fingerprint density at radius 3 is 2.90 bits per heavy atom. The van der Waals surface area contributed by atoms with Crippen molar-refractivity contribution in [1.82, 2.24) is 10.3 Å². The molecule has 2 nitrogen and oxygen atoms in total. The van der Waals surface area contributed by atoms with Crippen LogP contribution in [0.1, 0.15) is 48.2 Å². The van der Waals surface area contributed by atoms with Crippen LogP contribution in [0, 0.1) is 12.7 Å². The molecule has 4 heteroatoms. The van der Waals surface area contributed by atoms with Gasteiger partial charge in [0, 0.05) is 22.9 Å². The van der Waals surface area contributed by atoms with Crippen molar-refractivity contribution in [2.24, 2.45) is 0 Å². The van der Waals surface area contributed by atoms with Crippen LogP contribution in [-0.4, -0.2) is 11.5 Å². The number of nitrogens with one attached hydrogen (secondary N) is 1. The number of hydrogen-bond acceptors (Lipinski definition) is 3. The summed E-state index contributed by atoms with van der Waals surface area (Å²) in [6.45, 7) is 6.01. The Hall–Kier alpha value is -1.26. The number of nitrogens with zero attached hydrogens (tertiary/aromatic N) is 1. The highest BCUT2D eigenvalue weighted by molar-refractivity contribution is 7.15. The maximum Gasteiger partial charge on any atom is 0.133 e. The zero-order valence-corrected chi connectivity index (χ0v) is 13.4. The SMILES string of the molecule is CCCNCc1sc(-c2cc(C)ccc2F)nc1C1CC1. The van der Waals surface area contributed by atoms with Crippen LogP contribution in [-0.2, 0) is 6.54 Å². The van der Waals surface area contributed by atoms with Crippen LogP contribution in [0.2, 0.25) is 0 Å². The second-order valence-electron chi connectivity index (χ2n) is 5.76. The minimum Gasteiger partial charge on any atom is -0.312 e. The zero-order valence-electron chi connectivity index (χ0n) is 12.6. The predicted octanol–water partition coefficient (Wildman–Crippen LogP) is 4.63. The molecule has 0 spiro atoms. The fourth-order valence-corrected chi connectivity index (χ4v) is 3.60. The van der Waals surface area contributed by atoms with E-state index in [1.165, 1.54) is 29.5 Å². The van der Waals surface area contributed by atoms with E-state index >= 15 is 0 Å². The highest BCUT2D eigenvalue weighted by Crippen LogP contribution is 2.44. The van der Waals surface area contributed by atoms with E-state index in [4.69, 9.17) is 4.98 Å². The molecule has 2 aromatic rings. The Morgan fingerprint density at radius 2 is 2.19 bits per heavy atom. The first-order valence-corrected chi connectivity index (χ1v) is 8.47. The van der Waals surface area contributed by atoms with E-state index in [2.05, 4.69) is 12.2 Å². The molecule has 0 unspecified atom stereocenters. The Bertz CT molecular complexity index is 632. The molecular weight excluding hydrogens is 283 g/mol. The number of aryl methyl sites for hydroxylation is 1. The summed E-state index contributed by atoms with van der Waals surface area (Å²) in [5.41, 5.74) is 2.91. The molecule has 0 saturated heterocycles. The number of halogens is 1. The molecule has 1 aromatic heterocycles. The monoisotopic (exact) mass is 304 g/mol. The fourth-order valence-electron chi connectivity index (χ4n) is 2.46. The normalized spacial score (nSPS) is 14.6. The van der Waals surface area contributed by atoms with Gasteiger partial charge in [-0.3, -0.25) is 0 Å². The number of hydrogen-bond donors (Lipinski definition) is 1. The van der Waals surface area contributed by atoms with Gasteiger partial charge in [0.1, 0.15) is 10.8 Å². The van der Waals surface area contributed by atoms with Crippen LogP contribution in [0.15, 0.2) is 18.2 Å². The summed E-state index contributed by atoms with van der Waals surface area (Å²) in [5.74, 6) is 0.422. The van der Waals surface area contributed by atoms with Crippen molar-refractivity contribution in [1.29, 1.82) is 0 Å². The second kappa shape index (κ2) is 6.24. The van der Waals surface area contributed by atoms with Gasteiger partial charge in [-0.2, -0.15) is 0 Å². The van der Waals surface area contributed by atoms with Crippen molar-refractivity contribution < 1.29 is 4.39 Å². The molecule has 0 bridgehead atoms. The molecule has 1 aliphatic rings. The molecule has 1 fully saturated rings. The van der Waals surface area contributed by atoms with E-state index in [0.717, 1.165) is 30.1 Å². The first kappa shape index (κ1) is 14.7. The molecule has 1 aliphatic carbocycles. The quantitative estimate of drug-likeness (QED) is 0.787. The topological polar surface area (TPSA) is 24.9 Å². The van der Waals surface area contributed by atoms with Gasteiger partial charge in [-0.25, -0.2) is 9.37 Å². The van der Waals surface area contributed by atoms with E-state index in [1.807, 2.05) is 13.0 Å². The van der Waals surface area contributed by atoms with Crippen LogP contribution < -0.4 is 5.32 Å². The Labute approximate surface area is 129 Å². The standard InChI is InChI=1S/C17H21FN2S/c1-3-8-19-10-15-16(12-5-6-12)20-17(21-15)13-9-11(2)4-7-14(13)18/h4,7,9,12,19H,3,5-6,8,10H2,1-2H3. The summed E-state index contributed by atoms with van der Waals surface area (Å²) in [6.07, 6.45) is 3.57. The van der Waals surface area contributed by atoms with Crippen LogP contribution in [0.3, 0.4) is 0 Å². The summed E-state index contributed by atoms with van der Waals surface area (Å²) < 4.78 is 14.1. The first-order chi connectivity index (χ1) is 10.2. The van der Waals surface area contributed by atoms with Gasteiger partial charge in [0.05, 0.1) is 5.69 Å². The highest BCUT2D eigenvalue weighted by atomic mass is 32.1. The van der Waals surface area contributed by atoms with Crippen molar-refractivity contribution in [3.05, 3.63) is 40.2 Å². The maximum atomic E-state index is 14.1. The van der Waals surface area contributed by atoms with Crippen molar-refractivity contribution in [3.8, 4) is 10.6 Å². The molecule has 21 heavy (non-hydrogen) atoms. The molecule has 1 saturated carbocycles. The molecule has 0 atom stereocenters. The van der Waals surface area contributed by atoms with Crippen LogP contribution in [0.5, 0.6) is 0 Å². The lowest BCUT2D eigenvalue weighted by molar-refractivity contribution is 0.630. The van der Waals surface area contributed by atoms with E-state index in [-0.39, 0.29) is 5.82 Å². The van der Waals surface area contributed by atoms with Crippen molar-refractivity contribution in [2.75, 3.05) is 6.54 Å². The predicted molar refractivity (Wildman–Crippen MR) is 86.2 cm³/mol. The van der Waals surface area contributed by atoms with Gasteiger partial charge >= 0.3 is 0 Å². The lowest BCUT2D eigenvalue weighted by Crippen LogP contribution is -2.13. The molecule has 3 rings (SSSR count). The van der Waals surface area contributed by atoms with Crippen molar-refractivity contribution in [3.63, 3.8) is 0 Å². The largest absolute Gasteiger partial charge is 0.312 e. The molecule has 112 valence electrons. The lowest BCUT2D eigenvalue weighted by Gasteiger charge is -2.02. The maximum absolute atomic E-state index is 14.1. The molecule has 1 N–H and O–H groups in total. The van der Waals surface area contributed by atoms with E-state index in [0.29, 0.717) is 11.5 Å². The molecule has 1 heterocycles. The molecular formula is C17H21FN2S.